The minimum absolute atomic E-state index is 0.261. The Hall–Kier alpha value is -4.13. The van der Waals surface area contributed by atoms with Crippen molar-refractivity contribution in [2.75, 3.05) is 14.2 Å². The fourth-order valence-electron chi connectivity index (χ4n) is 3.46. The van der Waals surface area contributed by atoms with E-state index in [0.717, 1.165) is 22.0 Å². The van der Waals surface area contributed by atoms with Gasteiger partial charge in [-0.15, -0.1) is 0 Å². The minimum atomic E-state index is -0.381. The third kappa shape index (κ3) is 4.62. The van der Waals surface area contributed by atoms with E-state index in [1.807, 2.05) is 30.5 Å². The molecule has 0 aliphatic carbocycles. The Balaban J connectivity index is 1.55. The first kappa shape index (κ1) is 21.1. The number of hydrogen-bond donors (Lipinski definition) is 1. The van der Waals surface area contributed by atoms with E-state index < -0.39 is 0 Å². The van der Waals surface area contributed by atoms with E-state index in [1.165, 1.54) is 26.4 Å². The number of methoxy groups -OCH3 is 2. The summed E-state index contributed by atoms with van der Waals surface area (Å²) in [5.41, 5.74) is 5.77. The maximum absolute atomic E-state index is 13.2. The van der Waals surface area contributed by atoms with Gasteiger partial charge in [-0.3, -0.25) is 4.79 Å². The summed E-state index contributed by atoms with van der Waals surface area (Å²) in [5.74, 6) is 0.390. The Morgan fingerprint density at radius 3 is 2.41 bits per heavy atom. The lowest BCUT2D eigenvalue weighted by molar-refractivity contribution is 0.0954. The van der Waals surface area contributed by atoms with Crippen molar-refractivity contribution in [2.45, 2.75) is 6.54 Å². The molecule has 7 heteroatoms. The van der Waals surface area contributed by atoms with Crippen LogP contribution in [0.3, 0.4) is 0 Å². The van der Waals surface area contributed by atoms with E-state index in [4.69, 9.17) is 9.47 Å². The molecule has 0 unspecified atom stereocenters. The number of benzene rings is 3. The molecule has 4 rings (SSSR count). The normalized spacial score (nSPS) is 11.1. The van der Waals surface area contributed by atoms with Crippen molar-refractivity contribution in [3.8, 4) is 11.5 Å². The molecule has 0 saturated carbocycles. The molecule has 1 N–H and O–H groups in total. The summed E-state index contributed by atoms with van der Waals surface area (Å²) in [7, 11) is 3.05. The topological polar surface area (TPSA) is 64.8 Å². The summed E-state index contributed by atoms with van der Waals surface area (Å²) in [6.07, 6.45) is 3.57. The average Bonchev–Trinajstić information content (AvgIpc) is 3.17. The molecule has 1 amide bonds. The van der Waals surface area contributed by atoms with Gasteiger partial charge in [0, 0.05) is 40.8 Å². The molecule has 1 heterocycles. The van der Waals surface area contributed by atoms with Crippen molar-refractivity contribution in [3.63, 3.8) is 0 Å². The Morgan fingerprint density at radius 2 is 1.72 bits per heavy atom. The van der Waals surface area contributed by atoms with Crippen LogP contribution in [0.1, 0.15) is 21.5 Å². The second-order valence-corrected chi connectivity index (χ2v) is 7.16. The molecule has 0 atom stereocenters. The summed E-state index contributed by atoms with van der Waals surface area (Å²) in [4.78, 5) is 12.5. The molecule has 162 valence electrons. The van der Waals surface area contributed by atoms with Gasteiger partial charge in [-0.25, -0.2) is 9.82 Å². The lowest BCUT2D eigenvalue weighted by Crippen LogP contribution is -2.17. The molecule has 1 aromatic heterocycles. The predicted octanol–water partition coefficient (Wildman–Crippen LogP) is 4.61. The maximum Gasteiger partial charge on any atom is 0.271 e. The maximum atomic E-state index is 13.2. The van der Waals surface area contributed by atoms with Gasteiger partial charge in [0.25, 0.3) is 5.91 Å². The van der Waals surface area contributed by atoms with Crippen LogP contribution in [0.2, 0.25) is 0 Å². The number of carbonyl (C=O) groups excluding carboxylic acids is 1. The van der Waals surface area contributed by atoms with Crippen LogP contribution in [0.25, 0.3) is 10.9 Å². The van der Waals surface area contributed by atoms with Crippen molar-refractivity contribution in [3.05, 3.63) is 95.4 Å². The zero-order valence-corrected chi connectivity index (χ0v) is 17.7. The number of nitrogens with zero attached hydrogens (tertiary/aromatic N) is 2. The first-order chi connectivity index (χ1) is 15.6. The zero-order chi connectivity index (χ0) is 22.5. The summed E-state index contributed by atoms with van der Waals surface area (Å²) >= 11 is 0. The molecule has 0 fully saturated rings. The molecule has 0 bridgehead atoms. The Kier molecular flexibility index (Phi) is 6.17. The molecule has 0 spiro atoms. The van der Waals surface area contributed by atoms with Gasteiger partial charge >= 0.3 is 0 Å². The van der Waals surface area contributed by atoms with E-state index in [-0.39, 0.29) is 11.7 Å². The third-order valence-corrected chi connectivity index (χ3v) is 5.07. The summed E-state index contributed by atoms with van der Waals surface area (Å²) in [6.45, 7) is 0.588. The number of fused-ring (bicyclic) bond motifs is 1. The van der Waals surface area contributed by atoms with Crippen LogP contribution in [-0.4, -0.2) is 30.9 Å². The van der Waals surface area contributed by atoms with Gasteiger partial charge in [0.15, 0.2) is 0 Å². The second kappa shape index (κ2) is 9.34. The van der Waals surface area contributed by atoms with Crippen LogP contribution < -0.4 is 14.9 Å². The molecule has 0 aliphatic rings. The summed E-state index contributed by atoms with van der Waals surface area (Å²) in [6, 6.07) is 19.3. The molecule has 3 aromatic carbocycles. The molecule has 6 nitrogen and oxygen atoms in total. The number of hydrogen-bond acceptors (Lipinski definition) is 4. The molecule has 0 radical (unpaired) electrons. The van der Waals surface area contributed by atoms with Crippen LogP contribution in [0.4, 0.5) is 4.39 Å². The largest absolute Gasteiger partial charge is 0.497 e. The van der Waals surface area contributed by atoms with Crippen LogP contribution in [0, 0.1) is 5.82 Å². The first-order valence-corrected chi connectivity index (χ1v) is 9.96. The lowest BCUT2D eigenvalue weighted by atomic mass is 10.2. The van der Waals surface area contributed by atoms with E-state index in [0.29, 0.717) is 23.6 Å². The predicted molar refractivity (Wildman–Crippen MR) is 122 cm³/mol. The van der Waals surface area contributed by atoms with Crippen molar-refractivity contribution >= 4 is 23.0 Å². The minimum Gasteiger partial charge on any atom is -0.497 e. The number of halogens is 1. The smallest absolute Gasteiger partial charge is 0.271 e. The van der Waals surface area contributed by atoms with Crippen LogP contribution >= 0.6 is 0 Å². The van der Waals surface area contributed by atoms with Crippen LogP contribution in [0.15, 0.2) is 78.0 Å². The quantitative estimate of drug-likeness (QED) is 0.343. The van der Waals surface area contributed by atoms with Gasteiger partial charge in [-0.1, -0.05) is 30.3 Å². The van der Waals surface area contributed by atoms with Crippen LogP contribution in [-0.2, 0) is 6.54 Å². The standard InChI is InChI=1S/C25H22FN3O3/c1-31-21-11-18(12-22(13-21)32-2)25(30)28-27-14-19-16-29(24-6-4-3-5-23(19)24)15-17-7-9-20(26)10-8-17/h3-14,16H,15H2,1-2H3,(H,28,30)/b27-14-. The Bertz CT molecular complexity index is 1260. The number of para-hydroxylation sites is 1. The van der Waals surface area contributed by atoms with Crippen LogP contribution in [0.5, 0.6) is 11.5 Å². The van der Waals surface area contributed by atoms with Crippen molar-refractivity contribution in [1.29, 1.82) is 0 Å². The summed E-state index contributed by atoms with van der Waals surface area (Å²) in [5, 5.41) is 5.14. The van der Waals surface area contributed by atoms with Gasteiger partial charge < -0.3 is 14.0 Å². The molecule has 4 aromatic rings. The number of ether oxygens (including phenoxy) is 2. The highest BCUT2D eigenvalue weighted by atomic mass is 19.1. The average molecular weight is 431 g/mol. The van der Waals surface area contributed by atoms with Crippen molar-refractivity contribution in [1.82, 2.24) is 9.99 Å². The Labute approximate surface area is 184 Å². The van der Waals surface area contributed by atoms with Gasteiger partial charge in [-0.2, -0.15) is 5.10 Å². The highest BCUT2D eigenvalue weighted by Gasteiger charge is 2.10. The van der Waals surface area contributed by atoms with E-state index in [1.54, 1.807) is 36.5 Å². The van der Waals surface area contributed by atoms with Gasteiger partial charge in [0.1, 0.15) is 17.3 Å². The number of amides is 1. The molecule has 0 saturated heterocycles. The summed E-state index contributed by atoms with van der Waals surface area (Å²) < 4.78 is 25.7. The highest BCUT2D eigenvalue weighted by Crippen LogP contribution is 2.23. The molecule has 0 aliphatic heterocycles. The van der Waals surface area contributed by atoms with Gasteiger partial charge in [-0.05, 0) is 35.9 Å². The number of rotatable bonds is 7. The lowest BCUT2D eigenvalue weighted by Gasteiger charge is -2.07. The fraction of sp³-hybridized carbons (Fsp3) is 0.120. The SMILES string of the molecule is COc1cc(OC)cc(C(=O)N/N=C\c2cn(Cc3ccc(F)cc3)c3ccccc23)c1. The van der Waals surface area contributed by atoms with E-state index in [9.17, 15) is 9.18 Å². The van der Waals surface area contributed by atoms with E-state index >= 15 is 0 Å². The fourth-order valence-corrected chi connectivity index (χ4v) is 3.46. The number of aromatic nitrogens is 1. The number of nitrogens with one attached hydrogen (secondary N) is 1. The second-order valence-electron chi connectivity index (χ2n) is 7.16. The van der Waals surface area contributed by atoms with Crippen molar-refractivity contribution in [2.24, 2.45) is 5.10 Å². The van der Waals surface area contributed by atoms with Gasteiger partial charge in [0.05, 0.1) is 20.4 Å². The molecular weight excluding hydrogens is 409 g/mol. The number of carbonyl (C=O) groups is 1. The van der Waals surface area contributed by atoms with Gasteiger partial charge in [0.2, 0.25) is 0 Å². The van der Waals surface area contributed by atoms with E-state index in [2.05, 4.69) is 15.1 Å². The number of hydrazone groups is 1. The zero-order valence-electron chi connectivity index (χ0n) is 17.7. The molecular formula is C25H22FN3O3. The van der Waals surface area contributed by atoms with Crippen molar-refractivity contribution < 1.29 is 18.7 Å². The molecule has 32 heavy (non-hydrogen) atoms. The first-order valence-electron chi connectivity index (χ1n) is 9.96. The third-order valence-electron chi connectivity index (χ3n) is 5.07. The Morgan fingerprint density at radius 1 is 1.03 bits per heavy atom. The monoisotopic (exact) mass is 431 g/mol. The highest BCUT2D eigenvalue weighted by molar-refractivity contribution is 6.00.